The number of unbranched alkanes of at least 4 members (excludes halogenated alkanes) is 2. The standard InChI is InChI=1S/C21H29N/c1-3-5-8-17-20(22)21(4-2,18-13-9-6-10-14-18)19-15-11-7-12-16-19/h6-7,9-16,20H,3-5,8,17,22H2,1-2H3. The molecule has 2 aromatic carbocycles. The van der Waals surface area contributed by atoms with Gasteiger partial charge in [-0.2, -0.15) is 0 Å². The SMILES string of the molecule is CCCCCC(N)C(CC)(c1ccccc1)c1ccccc1. The highest BCUT2D eigenvalue weighted by Gasteiger charge is 2.38. The minimum absolute atomic E-state index is 0.0870. The van der Waals surface area contributed by atoms with Gasteiger partial charge in [-0.15, -0.1) is 0 Å². The van der Waals surface area contributed by atoms with Crippen LogP contribution in [0.3, 0.4) is 0 Å². The van der Waals surface area contributed by atoms with Crippen molar-refractivity contribution in [2.75, 3.05) is 0 Å². The highest BCUT2D eigenvalue weighted by Crippen LogP contribution is 2.39. The topological polar surface area (TPSA) is 26.0 Å². The molecule has 1 nitrogen and oxygen atoms in total. The molecule has 0 heterocycles. The van der Waals surface area contributed by atoms with Gasteiger partial charge in [0.1, 0.15) is 0 Å². The van der Waals surface area contributed by atoms with Crippen LogP contribution >= 0.6 is 0 Å². The maximum absolute atomic E-state index is 6.77. The number of rotatable bonds is 8. The summed E-state index contributed by atoms with van der Waals surface area (Å²) < 4.78 is 0. The van der Waals surface area contributed by atoms with Gasteiger partial charge in [-0.05, 0) is 24.0 Å². The van der Waals surface area contributed by atoms with Gasteiger partial charge < -0.3 is 5.73 Å². The summed E-state index contributed by atoms with van der Waals surface area (Å²) in [5.74, 6) is 0. The Morgan fingerprint density at radius 3 is 1.73 bits per heavy atom. The van der Waals surface area contributed by atoms with Crippen LogP contribution in [0, 0.1) is 0 Å². The van der Waals surface area contributed by atoms with Gasteiger partial charge in [0, 0.05) is 11.5 Å². The molecule has 0 saturated heterocycles. The predicted molar refractivity (Wildman–Crippen MR) is 96.1 cm³/mol. The smallest absolute Gasteiger partial charge is 0.0351 e. The van der Waals surface area contributed by atoms with E-state index < -0.39 is 0 Å². The molecule has 118 valence electrons. The normalized spacial score (nSPS) is 13.0. The molecule has 22 heavy (non-hydrogen) atoms. The zero-order valence-electron chi connectivity index (χ0n) is 14.0. The summed E-state index contributed by atoms with van der Waals surface area (Å²) in [6.45, 7) is 4.51. The zero-order valence-corrected chi connectivity index (χ0v) is 14.0. The van der Waals surface area contributed by atoms with Crippen molar-refractivity contribution in [3.05, 3.63) is 71.8 Å². The van der Waals surface area contributed by atoms with E-state index in [-0.39, 0.29) is 11.5 Å². The second kappa shape index (κ2) is 8.14. The molecule has 0 aliphatic carbocycles. The van der Waals surface area contributed by atoms with Crippen molar-refractivity contribution in [2.45, 2.75) is 57.4 Å². The Bertz CT molecular complexity index is 493. The number of nitrogens with two attached hydrogens (primary N) is 1. The number of benzene rings is 2. The van der Waals surface area contributed by atoms with Crippen LogP contribution in [0.2, 0.25) is 0 Å². The first-order valence-corrected chi connectivity index (χ1v) is 8.62. The lowest BCUT2D eigenvalue weighted by Crippen LogP contribution is -2.46. The molecule has 0 amide bonds. The Kier molecular flexibility index (Phi) is 6.21. The summed E-state index contributed by atoms with van der Waals surface area (Å²) in [5.41, 5.74) is 9.36. The molecule has 0 spiro atoms. The largest absolute Gasteiger partial charge is 0.327 e. The molecule has 0 aliphatic heterocycles. The lowest BCUT2D eigenvalue weighted by Gasteiger charge is -2.40. The van der Waals surface area contributed by atoms with E-state index in [1.54, 1.807) is 0 Å². The Morgan fingerprint density at radius 2 is 1.32 bits per heavy atom. The van der Waals surface area contributed by atoms with E-state index in [1.807, 2.05) is 0 Å². The minimum Gasteiger partial charge on any atom is -0.327 e. The van der Waals surface area contributed by atoms with Crippen LogP contribution in [0.25, 0.3) is 0 Å². The molecule has 1 unspecified atom stereocenters. The Balaban J connectivity index is 2.43. The van der Waals surface area contributed by atoms with Crippen molar-refractivity contribution in [3.63, 3.8) is 0 Å². The average Bonchev–Trinajstić information content (AvgIpc) is 2.58. The van der Waals surface area contributed by atoms with E-state index in [0.29, 0.717) is 0 Å². The van der Waals surface area contributed by atoms with Gasteiger partial charge in [0.25, 0.3) is 0 Å². The van der Waals surface area contributed by atoms with Gasteiger partial charge in [-0.1, -0.05) is 93.8 Å². The second-order valence-electron chi connectivity index (χ2n) is 6.16. The van der Waals surface area contributed by atoms with Gasteiger partial charge >= 0.3 is 0 Å². The third kappa shape index (κ3) is 3.41. The molecular formula is C21H29N. The molecule has 1 atom stereocenters. The fourth-order valence-corrected chi connectivity index (χ4v) is 3.60. The Labute approximate surface area is 135 Å². The quantitative estimate of drug-likeness (QED) is 0.658. The van der Waals surface area contributed by atoms with Crippen LogP contribution in [0.1, 0.15) is 57.1 Å². The Hall–Kier alpha value is -1.60. The van der Waals surface area contributed by atoms with Crippen molar-refractivity contribution < 1.29 is 0 Å². The van der Waals surface area contributed by atoms with Crippen molar-refractivity contribution in [1.29, 1.82) is 0 Å². The molecule has 2 N–H and O–H groups in total. The molecule has 0 aliphatic rings. The fraction of sp³-hybridized carbons (Fsp3) is 0.429. The number of hydrogen-bond acceptors (Lipinski definition) is 1. The first-order chi connectivity index (χ1) is 10.8. The van der Waals surface area contributed by atoms with Crippen LogP contribution < -0.4 is 5.73 Å². The van der Waals surface area contributed by atoms with Gasteiger partial charge in [-0.25, -0.2) is 0 Å². The summed E-state index contributed by atoms with van der Waals surface area (Å²) in [4.78, 5) is 0. The zero-order chi connectivity index (χ0) is 15.8. The van der Waals surface area contributed by atoms with Crippen LogP contribution in [0.5, 0.6) is 0 Å². The first kappa shape index (κ1) is 16.8. The maximum Gasteiger partial charge on any atom is 0.0351 e. The van der Waals surface area contributed by atoms with Gasteiger partial charge in [0.2, 0.25) is 0 Å². The molecular weight excluding hydrogens is 266 g/mol. The molecule has 0 fully saturated rings. The average molecular weight is 295 g/mol. The molecule has 2 aromatic rings. The summed E-state index contributed by atoms with van der Waals surface area (Å²) in [5, 5.41) is 0. The van der Waals surface area contributed by atoms with Crippen LogP contribution in [-0.2, 0) is 5.41 Å². The van der Waals surface area contributed by atoms with E-state index >= 15 is 0 Å². The van der Waals surface area contributed by atoms with E-state index in [9.17, 15) is 0 Å². The van der Waals surface area contributed by atoms with Gasteiger partial charge in [0.15, 0.2) is 0 Å². The molecule has 1 heteroatoms. The highest BCUT2D eigenvalue weighted by molar-refractivity contribution is 5.41. The third-order valence-corrected chi connectivity index (χ3v) is 4.89. The maximum atomic E-state index is 6.77. The molecule has 2 rings (SSSR count). The fourth-order valence-electron chi connectivity index (χ4n) is 3.60. The van der Waals surface area contributed by atoms with Gasteiger partial charge in [-0.3, -0.25) is 0 Å². The predicted octanol–water partition coefficient (Wildman–Crippen LogP) is 5.29. The van der Waals surface area contributed by atoms with E-state index in [2.05, 4.69) is 74.5 Å². The lowest BCUT2D eigenvalue weighted by molar-refractivity contribution is 0.365. The van der Waals surface area contributed by atoms with E-state index in [0.717, 1.165) is 12.8 Å². The van der Waals surface area contributed by atoms with Crippen LogP contribution in [0.15, 0.2) is 60.7 Å². The minimum atomic E-state index is -0.0870. The summed E-state index contributed by atoms with van der Waals surface area (Å²) >= 11 is 0. The van der Waals surface area contributed by atoms with Crippen molar-refractivity contribution in [2.24, 2.45) is 5.73 Å². The van der Waals surface area contributed by atoms with Crippen LogP contribution in [-0.4, -0.2) is 6.04 Å². The molecule has 0 aromatic heterocycles. The summed E-state index contributed by atoms with van der Waals surface area (Å²) in [7, 11) is 0. The van der Waals surface area contributed by atoms with Crippen LogP contribution in [0.4, 0.5) is 0 Å². The Morgan fingerprint density at radius 1 is 0.818 bits per heavy atom. The second-order valence-corrected chi connectivity index (χ2v) is 6.16. The molecule has 0 bridgehead atoms. The summed E-state index contributed by atoms with van der Waals surface area (Å²) in [6.07, 6.45) is 5.80. The lowest BCUT2D eigenvalue weighted by atomic mass is 9.66. The van der Waals surface area contributed by atoms with Crippen molar-refractivity contribution in [1.82, 2.24) is 0 Å². The number of hydrogen-bond donors (Lipinski definition) is 1. The molecule has 0 saturated carbocycles. The van der Waals surface area contributed by atoms with Crippen molar-refractivity contribution in [3.8, 4) is 0 Å². The third-order valence-electron chi connectivity index (χ3n) is 4.89. The monoisotopic (exact) mass is 295 g/mol. The van der Waals surface area contributed by atoms with Gasteiger partial charge in [0.05, 0.1) is 0 Å². The van der Waals surface area contributed by atoms with E-state index in [1.165, 1.54) is 30.4 Å². The first-order valence-electron chi connectivity index (χ1n) is 8.62. The summed E-state index contributed by atoms with van der Waals surface area (Å²) in [6, 6.07) is 21.7. The molecule has 0 radical (unpaired) electrons. The highest BCUT2D eigenvalue weighted by atomic mass is 14.7. The van der Waals surface area contributed by atoms with E-state index in [4.69, 9.17) is 5.73 Å². The van der Waals surface area contributed by atoms with Crippen molar-refractivity contribution >= 4 is 0 Å².